The van der Waals surface area contributed by atoms with E-state index in [1.165, 1.54) is 6.92 Å². The molecular weight excluding hydrogens is 184 g/mol. The SMILES string of the molecule is CCC(=O)N[C@@](C)(CO)[C@](C)(O)CN. The number of nitrogens with two attached hydrogens (primary N) is 1. The van der Waals surface area contributed by atoms with Crippen LogP contribution >= 0.6 is 0 Å². The van der Waals surface area contributed by atoms with Crippen molar-refractivity contribution >= 4 is 5.91 Å². The molecule has 5 heteroatoms. The Morgan fingerprint density at radius 2 is 2.00 bits per heavy atom. The van der Waals surface area contributed by atoms with Crippen LogP contribution in [0.3, 0.4) is 0 Å². The van der Waals surface area contributed by atoms with Gasteiger partial charge >= 0.3 is 0 Å². The number of nitrogens with one attached hydrogen (secondary N) is 1. The number of carbonyl (C=O) groups excluding carboxylic acids is 1. The first-order chi connectivity index (χ1) is 6.33. The molecule has 0 aliphatic heterocycles. The van der Waals surface area contributed by atoms with Crippen molar-refractivity contribution < 1.29 is 15.0 Å². The Balaban J connectivity index is 4.71. The molecule has 0 aromatic rings. The summed E-state index contributed by atoms with van der Waals surface area (Å²) in [5.41, 5.74) is 2.94. The van der Waals surface area contributed by atoms with Crippen molar-refractivity contribution in [2.75, 3.05) is 13.2 Å². The number of hydrogen-bond acceptors (Lipinski definition) is 4. The molecule has 0 fully saturated rings. The molecule has 0 spiro atoms. The Morgan fingerprint density at radius 3 is 2.29 bits per heavy atom. The van der Waals surface area contributed by atoms with Gasteiger partial charge in [-0.1, -0.05) is 6.92 Å². The molecule has 0 saturated carbocycles. The Morgan fingerprint density at radius 1 is 1.50 bits per heavy atom. The van der Waals surface area contributed by atoms with E-state index >= 15 is 0 Å². The second-order valence-corrected chi connectivity index (χ2v) is 3.87. The molecule has 0 rings (SSSR count). The highest BCUT2D eigenvalue weighted by molar-refractivity contribution is 5.76. The molecule has 0 aliphatic carbocycles. The fourth-order valence-electron chi connectivity index (χ4n) is 0.966. The van der Waals surface area contributed by atoms with Crippen LogP contribution in [0.2, 0.25) is 0 Å². The van der Waals surface area contributed by atoms with Gasteiger partial charge in [-0.15, -0.1) is 0 Å². The molecule has 0 aliphatic rings. The number of amides is 1. The first kappa shape index (κ1) is 13.4. The van der Waals surface area contributed by atoms with Crippen LogP contribution < -0.4 is 11.1 Å². The second-order valence-electron chi connectivity index (χ2n) is 3.87. The molecule has 5 nitrogen and oxygen atoms in total. The number of aliphatic hydroxyl groups is 2. The van der Waals surface area contributed by atoms with Gasteiger partial charge in [-0.05, 0) is 13.8 Å². The highest BCUT2D eigenvalue weighted by Crippen LogP contribution is 2.20. The number of rotatable bonds is 5. The first-order valence-corrected chi connectivity index (χ1v) is 4.67. The minimum absolute atomic E-state index is 0.0337. The molecule has 0 saturated heterocycles. The van der Waals surface area contributed by atoms with Gasteiger partial charge in [0.05, 0.1) is 17.7 Å². The van der Waals surface area contributed by atoms with Gasteiger partial charge in [0.15, 0.2) is 0 Å². The maximum absolute atomic E-state index is 11.2. The van der Waals surface area contributed by atoms with Gasteiger partial charge in [0.25, 0.3) is 0 Å². The van der Waals surface area contributed by atoms with Gasteiger partial charge in [0.2, 0.25) is 5.91 Å². The summed E-state index contributed by atoms with van der Waals surface area (Å²) < 4.78 is 0. The fraction of sp³-hybridized carbons (Fsp3) is 0.889. The van der Waals surface area contributed by atoms with Gasteiger partial charge in [-0.3, -0.25) is 4.79 Å². The monoisotopic (exact) mass is 204 g/mol. The predicted molar refractivity (Wildman–Crippen MR) is 53.6 cm³/mol. The van der Waals surface area contributed by atoms with Gasteiger partial charge in [-0.2, -0.15) is 0 Å². The van der Waals surface area contributed by atoms with E-state index in [0.717, 1.165) is 0 Å². The Bertz CT molecular complexity index is 206. The third-order valence-corrected chi connectivity index (χ3v) is 2.64. The van der Waals surface area contributed by atoms with Crippen LogP contribution in [-0.2, 0) is 4.79 Å². The third-order valence-electron chi connectivity index (χ3n) is 2.64. The van der Waals surface area contributed by atoms with Crippen LogP contribution in [-0.4, -0.2) is 40.4 Å². The second kappa shape index (κ2) is 4.72. The van der Waals surface area contributed by atoms with Crippen molar-refractivity contribution in [2.24, 2.45) is 5.73 Å². The summed E-state index contributed by atoms with van der Waals surface area (Å²) in [6.45, 7) is 4.36. The average Bonchev–Trinajstić information content (AvgIpc) is 2.17. The third kappa shape index (κ3) is 2.67. The quantitative estimate of drug-likeness (QED) is 0.460. The maximum atomic E-state index is 11.2. The first-order valence-electron chi connectivity index (χ1n) is 4.67. The lowest BCUT2D eigenvalue weighted by Crippen LogP contribution is -2.66. The number of aliphatic hydroxyl groups excluding tert-OH is 1. The predicted octanol–water partition coefficient (Wildman–Crippen LogP) is -1.03. The zero-order valence-electron chi connectivity index (χ0n) is 9.00. The van der Waals surface area contributed by atoms with Gasteiger partial charge < -0.3 is 21.3 Å². The Kier molecular flexibility index (Phi) is 4.51. The summed E-state index contributed by atoms with van der Waals surface area (Å²) in [4.78, 5) is 11.2. The lowest BCUT2D eigenvalue weighted by molar-refractivity contribution is -0.128. The van der Waals surface area contributed by atoms with E-state index in [4.69, 9.17) is 10.8 Å². The molecule has 0 unspecified atom stereocenters. The zero-order valence-corrected chi connectivity index (χ0v) is 9.00. The summed E-state index contributed by atoms with van der Waals surface area (Å²) in [5.74, 6) is -0.227. The number of hydrogen-bond donors (Lipinski definition) is 4. The molecule has 0 aromatic heterocycles. The van der Waals surface area contributed by atoms with Gasteiger partial charge in [0, 0.05) is 13.0 Å². The molecule has 14 heavy (non-hydrogen) atoms. The van der Waals surface area contributed by atoms with Crippen molar-refractivity contribution in [2.45, 2.75) is 38.3 Å². The van der Waals surface area contributed by atoms with Crippen LogP contribution in [0, 0.1) is 0 Å². The van der Waals surface area contributed by atoms with Gasteiger partial charge in [0.1, 0.15) is 0 Å². The summed E-state index contributed by atoms with van der Waals surface area (Å²) in [6, 6.07) is 0. The van der Waals surface area contributed by atoms with Crippen LogP contribution in [0.15, 0.2) is 0 Å². The molecule has 0 radical (unpaired) electrons. The molecular formula is C9H20N2O3. The largest absolute Gasteiger partial charge is 0.394 e. The Labute approximate surface area is 84.3 Å². The summed E-state index contributed by atoms with van der Waals surface area (Å²) >= 11 is 0. The van der Waals surface area contributed by atoms with E-state index < -0.39 is 11.1 Å². The van der Waals surface area contributed by atoms with E-state index in [2.05, 4.69) is 5.32 Å². The Hall–Kier alpha value is -0.650. The van der Waals surface area contributed by atoms with Crippen LogP contribution in [0.25, 0.3) is 0 Å². The molecule has 5 N–H and O–H groups in total. The van der Waals surface area contributed by atoms with Crippen molar-refractivity contribution in [1.82, 2.24) is 5.32 Å². The number of carbonyl (C=O) groups is 1. The standard InChI is InChI=1S/C9H20N2O3/c1-4-7(13)11-8(2,6-12)9(3,14)5-10/h12,14H,4-6,10H2,1-3H3,(H,11,13)/t8-,9+/m0/s1. The van der Waals surface area contributed by atoms with Crippen LogP contribution in [0.5, 0.6) is 0 Å². The highest BCUT2D eigenvalue weighted by atomic mass is 16.3. The van der Waals surface area contributed by atoms with E-state index in [9.17, 15) is 9.90 Å². The van der Waals surface area contributed by atoms with Crippen LogP contribution in [0.1, 0.15) is 27.2 Å². The van der Waals surface area contributed by atoms with E-state index in [0.29, 0.717) is 6.42 Å². The smallest absolute Gasteiger partial charge is 0.220 e. The summed E-state index contributed by atoms with van der Waals surface area (Å²) in [7, 11) is 0. The summed E-state index contributed by atoms with van der Waals surface area (Å²) in [6.07, 6.45) is 0.302. The van der Waals surface area contributed by atoms with Crippen molar-refractivity contribution in [1.29, 1.82) is 0 Å². The van der Waals surface area contributed by atoms with Crippen LogP contribution in [0.4, 0.5) is 0 Å². The normalized spacial score (nSPS) is 19.6. The van der Waals surface area contributed by atoms with Crippen molar-refractivity contribution in [3.63, 3.8) is 0 Å². The summed E-state index contributed by atoms with van der Waals surface area (Å²) in [5, 5.41) is 21.6. The van der Waals surface area contributed by atoms with E-state index in [1.807, 2.05) is 0 Å². The lowest BCUT2D eigenvalue weighted by Gasteiger charge is -2.41. The molecule has 0 heterocycles. The topological polar surface area (TPSA) is 95.6 Å². The minimum atomic E-state index is -1.33. The zero-order chi connectivity index (χ0) is 11.4. The lowest BCUT2D eigenvalue weighted by atomic mass is 9.83. The molecule has 0 bridgehead atoms. The van der Waals surface area contributed by atoms with E-state index in [-0.39, 0.29) is 19.1 Å². The highest BCUT2D eigenvalue weighted by Gasteiger charge is 2.42. The molecule has 2 atom stereocenters. The van der Waals surface area contributed by atoms with E-state index in [1.54, 1.807) is 13.8 Å². The molecule has 84 valence electrons. The minimum Gasteiger partial charge on any atom is -0.394 e. The fourth-order valence-corrected chi connectivity index (χ4v) is 0.966. The average molecular weight is 204 g/mol. The van der Waals surface area contributed by atoms with Gasteiger partial charge in [-0.25, -0.2) is 0 Å². The van der Waals surface area contributed by atoms with Crippen molar-refractivity contribution in [3.8, 4) is 0 Å². The van der Waals surface area contributed by atoms with Crippen molar-refractivity contribution in [3.05, 3.63) is 0 Å². The molecule has 1 amide bonds. The maximum Gasteiger partial charge on any atom is 0.220 e. The molecule has 0 aromatic carbocycles.